The molecule has 0 saturated heterocycles. The Balaban J connectivity index is 1.49. The van der Waals surface area contributed by atoms with Crippen LogP contribution < -0.4 is 0 Å². The van der Waals surface area contributed by atoms with E-state index in [4.69, 9.17) is 0 Å². The van der Waals surface area contributed by atoms with Crippen LogP contribution in [-0.2, 0) is 6.42 Å². The molecule has 3 nitrogen and oxygen atoms in total. The molecule has 1 fully saturated rings. The first-order chi connectivity index (χ1) is 14.0. The molecule has 29 heavy (non-hydrogen) atoms. The summed E-state index contributed by atoms with van der Waals surface area (Å²) in [7, 11) is 0. The molecule has 3 atom stereocenters. The van der Waals surface area contributed by atoms with Crippen LogP contribution in [0.4, 0.5) is 8.78 Å². The van der Waals surface area contributed by atoms with E-state index in [2.05, 4.69) is 18.1 Å². The molecule has 1 unspecified atom stereocenters. The number of nitrogens with zero attached hydrogens (tertiary/aromatic N) is 2. The zero-order valence-electron chi connectivity index (χ0n) is 16.1. The zero-order chi connectivity index (χ0) is 20.2. The number of benzene rings is 2. The Hall–Kier alpha value is -2.79. The molecule has 3 aromatic rings. The number of hydrogen-bond acceptors (Lipinski definition) is 2. The number of aliphatic hydroxyl groups is 1. The fraction of sp³-hybridized carbons (Fsp3) is 0.292. The molecule has 1 N–H and O–H groups in total. The monoisotopic (exact) mass is 392 g/mol. The topological polar surface area (TPSA) is 38.0 Å². The third-order valence-corrected chi connectivity index (χ3v) is 6.70. The number of allylic oxidation sites excluding steroid dienone is 1. The fourth-order valence-corrected chi connectivity index (χ4v) is 5.06. The van der Waals surface area contributed by atoms with Crippen molar-refractivity contribution in [2.75, 3.05) is 0 Å². The second-order valence-corrected chi connectivity index (χ2v) is 8.35. The van der Waals surface area contributed by atoms with Crippen molar-refractivity contribution in [3.63, 3.8) is 0 Å². The predicted molar refractivity (Wildman–Crippen MR) is 107 cm³/mol. The minimum absolute atomic E-state index is 0.0570. The van der Waals surface area contributed by atoms with Gasteiger partial charge in [0.05, 0.1) is 23.7 Å². The summed E-state index contributed by atoms with van der Waals surface area (Å²) in [6.45, 7) is 2.21. The van der Waals surface area contributed by atoms with Crippen LogP contribution in [0.5, 0.6) is 0 Å². The molecule has 0 bridgehead atoms. The van der Waals surface area contributed by atoms with Crippen molar-refractivity contribution in [2.45, 2.75) is 32.3 Å². The Bertz CT molecular complexity index is 1090. The van der Waals surface area contributed by atoms with Gasteiger partial charge in [-0.25, -0.2) is 13.5 Å². The van der Waals surface area contributed by atoms with Crippen molar-refractivity contribution in [1.82, 2.24) is 9.78 Å². The van der Waals surface area contributed by atoms with Gasteiger partial charge in [0.1, 0.15) is 11.6 Å². The summed E-state index contributed by atoms with van der Waals surface area (Å²) in [5.74, 6) is -0.509. The third-order valence-electron chi connectivity index (χ3n) is 6.70. The van der Waals surface area contributed by atoms with Gasteiger partial charge in [-0.2, -0.15) is 5.10 Å². The van der Waals surface area contributed by atoms with E-state index >= 15 is 0 Å². The van der Waals surface area contributed by atoms with E-state index in [-0.39, 0.29) is 23.0 Å². The lowest BCUT2D eigenvalue weighted by Gasteiger charge is -2.38. The highest BCUT2D eigenvalue weighted by Gasteiger charge is 2.48. The second-order valence-electron chi connectivity index (χ2n) is 8.35. The summed E-state index contributed by atoms with van der Waals surface area (Å²) in [6, 6.07) is 12.5. The summed E-state index contributed by atoms with van der Waals surface area (Å²) >= 11 is 0. The van der Waals surface area contributed by atoms with Gasteiger partial charge in [0, 0.05) is 0 Å². The van der Waals surface area contributed by atoms with Crippen molar-refractivity contribution in [2.24, 2.45) is 11.3 Å². The first kappa shape index (κ1) is 18.3. The van der Waals surface area contributed by atoms with Gasteiger partial charge in [0.25, 0.3) is 0 Å². The average molecular weight is 392 g/mol. The molecule has 1 saturated carbocycles. The minimum Gasteiger partial charge on any atom is -0.388 e. The van der Waals surface area contributed by atoms with Crippen molar-refractivity contribution in [3.05, 3.63) is 88.8 Å². The molecular weight excluding hydrogens is 370 g/mol. The standard InChI is InChI=1S/C24H22F2N2O/c1-24-13-16-14-27-28(20-9-7-19(26)8-10-20)22(16)12-17(24)4-11-21(24)23(29)15-2-5-18(25)6-3-15/h2-3,5-10,12,14,21,23,29H,4,11,13H2,1H3/t21?,23-,24-/m0/s1. The highest BCUT2D eigenvalue weighted by atomic mass is 19.1. The van der Waals surface area contributed by atoms with Crippen LogP contribution in [0.1, 0.15) is 42.7 Å². The van der Waals surface area contributed by atoms with E-state index in [9.17, 15) is 13.9 Å². The van der Waals surface area contributed by atoms with E-state index in [0.717, 1.165) is 41.8 Å². The van der Waals surface area contributed by atoms with E-state index in [0.29, 0.717) is 0 Å². The zero-order valence-corrected chi connectivity index (χ0v) is 16.1. The molecule has 0 amide bonds. The smallest absolute Gasteiger partial charge is 0.123 e. The van der Waals surface area contributed by atoms with Gasteiger partial charge in [-0.3, -0.25) is 0 Å². The minimum atomic E-state index is -0.639. The van der Waals surface area contributed by atoms with Gasteiger partial charge < -0.3 is 5.11 Å². The lowest BCUT2D eigenvalue weighted by Crippen LogP contribution is -2.32. The molecule has 2 aliphatic carbocycles. The lowest BCUT2D eigenvalue weighted by molar-refractivity contribution is 0.0555. The van der Waals surface area contributed by atoms with Crippen molar-refractivity contribution >= 4 is 6.08 Å². The maximum Gasteiger partial charge on any atom is 0.123 e. The Kier molecular flexibility index (Phi) is 4.17. The summed E-state index contributed by atoms with van der Waals surface area (Å²) < 4.78 is 28.4. The van der Waals surface area contributed by atoms with Crippen LogP contribution in [0.15, 0.2) is 60.3 Å². The Morgan fingerprint density at radius 3 is 2.41 bits per heavy atom. The Morgan fingerprint density at radius 1 is 1.07 bits per heavy atom. The number of aliphatic hydroxyl groups excluding tert-OH is 1. The van der Waals surface area contributed by atoms with Gasteiger partial charge in [-0.15, -0.1) is 0 Å². The summed E-state index contributed by atoms with van der Waals surface area (Å²) in [4.78, 5) is 0. The van der Waals surface area contributed by atoms with Crippen LogP contribution in [-0.4, -0.2) is 14.9 Å². The second kappa shape index (κ2) is 6.63. The number of rotatable bonds is 3. The first-order valence-corrected chi connectivity index (χ1v) is 9.93. The lowest BCUT2D eigenvalue weighted by atomic mass is 9.67. The van der Waals surface area contributed by atoms with E-state index in [1.54, 1.807) is 24.3 Å². The molecule has 5 heteroatoms. The summed E-state index contributed by atoms with van der Waals surface area (Å²) in [5, 5.41) is 15.6. The van der Waals surface area contributed by atoms with Crippen LogP contribution in [0, 0.1) is 23.0 Å². The Morgan fingerprint density at radius 2 is 1.72 bits per heavy atom. The molecule has 2 aliphatic rings. The number of aromatic nitrogens is 2. The molecule has 148 valence electrons. The molecule has 1 aromatic heterocycles. The highest BCUT2D eigenvalue weighted by Crippen LogP contribution is 2.56. The van der Waals surface area contributed by atoms with E-state index < -0.39 is 6.10 Å². The number of fused-ring (bicyclic) bond motifs is 2. The number of halogens is 2. The largest absolute Gasteiger partial charge is 0.388 e. The van der Waals surface area contributed by atoms with Crippen LogP contribution in [0.3, 0.4) is 0 Å². The van der Waals surface area contributed by atoms with E-state index in [1.807, 2.05) is 10.9 Å². The Labute approximate surface area is 168 Å². The third kappa shape index (κ3) is 2.92. The van der Waals surface area contributed by atoms with Gasteiger partial charge >= 0.3 is 0 Å². The van der Waals surface area contributed by atoms with Gasteiger partial charge in [0.2, 0.25) is 0 Å². The van der Waals surface area contributed by atoms with Crippen LogP contribution >= 0.6 is 0 Å². The molecule has 0 aliphatic heterocycles. The molecule has 0 spiro atoms. The molecule has 2 aromatic carbocycles. The van der Waals surface area contributed by atoms with Crippen molar-refractivity contribution in [1.29, 1.82) is 0 Å². The average Bonchev–Trinajstić information content (AvgIpc) is 3.26. The maximum absolute atomic E-state index is 13.3. The van der Waals surface area contributed by atoms with Gasteiger partial charge in [-0.1, -0.05) is 24.6 Å². The maximum atomic E-state index is 13.3. The number of hydrogen-bond donors (Lipinski definition) is 1. The van der Waals surface area contributed by atoms with Crippen molar-refractivity contribution in [3.8, 4) is 5.69 Å². The normalized spacial score (nSPS) is 24.0. The molecule has 0 radical (unpaired) electrons. The molecule has 1 heterocycles. The predicted octanol–water partition coefficient (Wildman–Crippen LogP) is 5.24. The van der Waals surface area contributed by atoms with Crippen molar-refractivity contribution < 1.29 is 13.9 Å². The summed E-state index contributed by atoms with van der Waals surface area (Å²) in [6.07, 6.45) is 6.00. The SMILES string of the molecule is C[C@]12Cc3cnn(-c4ccc(F)cc4)c3C=C1CCC2[C@@H](O)c1ccc(F)cc1. The summed E-state index contributed by atoms with van der Waals surface area (Å²) in [5.41, 5.74) is 4.87. The quantitative estimate of drug-likeness (QED) is 0.662. The van der Waals surface area contributed by atoms with E-state index in [1.165, 1.54) is 29.8 Å². The van der Waals surface area contributed by atoms with Crippen LogP contribution in [0.2, 0.25) is 0 Å². The fourth-order valence-electron chi connectivity index (χ4n) is 5.06. The molecular formula is C24H22F2N2O. The first-order valence-electron chi connectivity index (χ1n) is 9.93. The molecule has 5 rings (SSSR count). The van der Waals surface area contributed by atoms with Crippen LogP contribution in [0.25, 0.3) is 11.8 Å². The highest BCUT2D eigenvalue weighted by molar-refractivity contribution is 5.62. The van der Waals surface area contributed by atoms with Gasteiger partial charge in [0.15, 0.2) is 0 Å². The van der Waals surface area contributed by atoms with Gasteiger partial charge in [-0.05, 0) is 84.2 Å².